The molecule has 0 amide bonds. The van der Waals surface area contributed by atoms with Gasteiger partial charge in [-0.25, -0.2) is 0 Å². The van der Waals surface area contributed by atoms with Crippen LogP contribution in [-0.2, 0) is 19.3 Å². The molecule has 4 nitrogen and oxygen atoms in total. The van der Waals surface area contributed by atoms with Crippen LogP contribution in [0.5, 0.6) is 11.5 Å². The predicted octanol–water partition coefficient (Wildman–Crippen LogP) is 5.10. The fourth-order valence-corrected chi connectivity index (χ4v) is 4.04. The Labute approximate surface area is 192 Å². The maximum Gasteiger partial charge on any atom is 0.160 e. The summed E-state index contributed by atoms with van der Waals surface area (Å²) in [6.07, 6.45) is 5.06. The Morgan fingerprint density at radius 3 is 2.28 bits per heavy atom. The summed E-state index contributed by atoms with van der Waals surface area (Å²) in [5, 5.41) is 3.56. The number of nitrogens with two attached hydrogens (primary N) is 1. The minimum Gasteiger partial charge on any atom is -0.493 e. The van der Waals surface area contributed by atoms with E-state index in [1.54, 1.807) is 14.2 Å². The van der Waals surface area contributed by atoms with Crippen molar-refractivity contribution in [1.82, 2.24) is 5.32 Å². The number of methoxy groups -OCH3 is 2. The predicted molar refractivity (Wildman–Crippen MR) is 133 cm³/mol. The third-order valence-electron chi connectivity index (χ3n) is 5.88. The third kappa shape index (κ3) is 7.11. The molecule has 4 heteroatoms. The lowest BCUT2D eigenvalue weighted by Crippen LogP contribution is -2.19. The van der Waals surface area contributed by atoms with Crippen molar-refractivity contribution in [2.45, 2.75) is 38.1 Å². The molecule has 0 fully saturated rings. The molecule has 3 rings (SSSR count). The fraction of sp³-hybridized carbons (Fsp3) is 0.357. The lowest BCUT2D eigenvalue weighted by Gasteiger charge is -2.17. The van der Waals surface area contributed by atoms with E-state index in [-0.39, 0.29) is 6.04 Å². The fourth-order valence-electron chi connectivity index (χ4n) is 4.04. The summed E-state index contributed by atoms with van der Waals surface area (Å²) in [4.78, 5) is 0. The van der Waals surface area contributed by atoms with Crippen molar-refractivity contribution < 1.29 is 9.47 Å². The van der Waals surface area contributed by atoms with Gasteiger partial charge in [0.25, 0.3) is 0 Å². The van der Waals surface area contributed by atoms with Crippen LogP contribution in [0, 0.1) is 0 Å². The van der Waals surface area contributed by atoms with Crippen molar-refractivity contribution in [2.75, 3.05) is 27.3 Å². The smallest absolute Gasteiger partial charge is 0.160 e. The van der Waals surface area contributed by atoms with Crippen LogP contribution in [0.4, 0.5) is 0 Å². The first-order valence-electron chi connectivity index (χ1n) is 11.5. The van der Waals surface area contributed by atoms with Gasteiger partial charge in [0.05, 0.1) is 14.2 Å². The summed E-state index contributed by atoms with van der Waals surface area (Å²) in [5.41, 5.74) is 11.8. The number of aryl methyl sites for hydroxylation is 2. The van der Waals surface area contributed by atoms with E-state index < -0.39 is 0 Å². The molecule has 0 saturated carbocycles. The highest BCUT2D eigenvalue weighted by Crippen LogP contribution is 2.27. The highest BCUT2D eigenvalue weighted by atomic mass is 16.5. The van der Waals surface area contributed by atoms with Crippen LogP contribution in [-0.4, -0.2) is 27.3 Å². The van der Waals surface area contributed by atoms with Gasteiger partial charge in [-0.15, -0.1) is 0 Å². The third-order valence-corrected chi connectivity index (χ3v) is 5.88. The van der Waals surface area contributed by atoms with Crippen molar-refractivity contribution in [1.29, 1.82) is 0 Å². The van der Waals surface area contributed by atoms with Crippen molar-refractivity contribution in [3.8, 4) is 11.5 Å². The molecule has 170 valence electrons. The molecule has 0 saturated heterocycles. The minimum atomic E-state index is 0.0735. The molecule has 0 spiro atoms. The first-order chi connectivity index (χ1) is 15.7. The van der Waals surface area contributed by atoms with Crippen molar-refractivity contribution >= 4 is 0 Å². The van der Waals surface area contributed by atoms with Crippen LogP contribution in [0.3, 0.4) is 0 Å². The lowest BCUT2D eigenvalue weighted by atomic mass is 9.93. The second-order valence-electron chi connectivity index (χ2n) is 8.12. The summed E-state index contributed by atoms with van der Waals surface area (Å²) in [6, 6.07) is 25.4. The normalized spacial score (nSPS) is 11.8. The summed E-state index contributed by atoms with van der Waals surface area (Å²) in [7, 11) is 3.33. The van der Waals surface area contributed by atoms with Crippen LogP contribution < -0.4 is 20.5 Å². The van der Waals surface area contributed by atoms with E-state index in [2.05, 4.69) is 66.0 Å². The average molecular weight is 433 g/mol. The zero-order chi connectivity index (χ0) is 22.6. The van der Waals surface area contributed by atoms with E-state index in [1.165, 1.54) is 22.3 Å². The zero-order valence-electron chi connectivity index (χ0n) is 19.3. The topological polar surface area (TPSA) is 56.5 Å². The van der Waals surface area contributed by atoms with Gasteiger partial charge in [-0.1, -0.05) is 60.7 Å². The van der Waals surface area contributed by atoms with E-state index in [9.17, 15) is 0 Å². The number of nitrogens with one attached hydrogen (secondary N) is 1. The van der Waals surface area contributed by atoms with Crippen LogP contribution >= 0.6 is 0 Å². The molecule has 32 heavy (non-hydrogen) atoms. The van der Waals surface area contributed by atoms with E-state index in [4.69, 9.17) is 15.2 Å². The molecule has 1 atom stereocenters. The van der Waals surface area contributed by atoms with Crippen LogP contribution in [0.2, 0.25) is 0 Å². The summed E-state index contributed by atoms with van der Waals surface area (Å²) in [5.74, 6) is 1.55. The number of ether oxygens (including phenoxy) is 2. The van der Waals surface area contributed by atoms with Gasteiger partial charge in [-0.2, -0.15) is 0 Å². The monoisotopic (exact) mass is 432 g/mol. The van der Waals surface area contributed by atoms with Gasteiger partial charge in [0.1, 0.15) is 0 Å². The molecule has 1 unspecified atom stereocenters. The summed E-state index contributed by atoms with van der Waals surface area (Å²) >= 11 is 0. The Hall–Kier alpha value is -2.82. The quantitative estimate of drug-likeness (QED) is 0.369. The lowest BCUT2D eigenvalue weighted by molar-refractivity contribution is 0.354. The Kier molecular flexibility index (Phi) is 9.60. The Bertz CT molecular complexity index is 943. The van der Waals surface area contributed by atoms with Crippen molar-refractivity contribution in [3.63, 3.8) is 0 Å². The Balaban J connectivity index is 1.41. The van der Waals surface area contributed by atoms with Crippen molar-refractivity contribution in [2.24, 2.45) is 5.73 Å². The van der Waals surface area contributed by atoms with Crippen LogP contribution in [0.15, 0.2) is 72.8 Å². The molecule has 0 heterocycles. The highest BCUT2D eigenvalue weighted by molar-refractivity contribution is 5.43. The summed E-state index contributed by atoms with van der Waals surface area (Å²) in [6.45, 7) is 1.93. The van der Waals surface area contributed by atoms with E-state index >= 15 is 0 Å². The molecule has 0 aliphatic rings. The maximum absolute atomic E-state index is 6.57. The molecule has 0 bridgehead atoms. The van der Waals surface area contributed by atoms with Crippen LogP contribution in [0.25, 0.3) is 0 Å². The molecule has 0 aromatic heterocycles. The van der Waals surface area contributed by atoms with Gasteiger partial charge in [0.15, 0.2) is 11.5 Å². The molecule has 0 radical (unpaired) electrons. The van der Waals surface area contributed by atoms with Crippen molar-refractivity contribution in [3.05, 3.63) is 95.1 Å². The molecule has 0 aliphatic heterocycles. The largest absolute Gasteiger partial charge is 0.493 e. The molecular weight excluding hydrogens is 396 g/mol. The molecule has 3 aromatic carbocycles. The second-order valence-corrected chi connectivity index (χ2v) is 8.12. The van der Waals surface area contributed by atoms with E-state index in [0.717, 1.165) is 56.7 Å². The number of hydrogen-bond donors (Lipinski definition) is 2. The van der Waals surface area contributed by atoms with Gasteiger partial charge in [0, 0.05) is 6.04 Å². The zero-order valence-corrected chi connectivity index (χ0v) is 19.3. The minimum absolute atomic E-state index is 0.0735. The standard InChI is InChI=1S/C28H36N2O2/c1-31-27-17-15-23(21-28(27)32-2)18-20-30-19-8-12-24-11-6-7-13-25(24)26(29)16-14-22-9-4-3-5-10-22/h3-7,9-11,13,15,17,21,26,30H,8,12,14,16,18-20,29H2,1-2H3. The Morgan fingerprint density at radius 1 is 0.750 bits per heavy atom. The first kappa shape index (κ1) is 23.8. The maximum atomic E-state index is 6.57. The highest BCUT2D eigenvalue weighted by Gasteiger charge is 2.11. The van der Waals surface area contributed by atoms with E-state index in [1.807, 2.05) is 12.1 Å². The summed E-state index contributed by atoms with van der Waals surface area (Å²) < 4.78 is 10.7. The Morgan fingerprint density at radius 2 is 1.50 bits per heavy atom. The van der Waals surface area contributed by atoms with Gasteiger partial charge in [-0.05, 0) is 79.6 Å². The molecule has 0 aliphatic carbocycles. The van der Waals surface area contributed by atoms with Gasteiger partial charge < -0.3 is 20.5 Å². The number of benzene rings is 3. The van der Waals surface area contributed by atoms with Gasteiger partial charge >= 0.3 is 0 Å². The van der Waals surface area contributed by atoms with Gasteiger partial charge in [0.2, 0.25) is 0 Å². The molecule has 3 N–H and O–H groups in total. The van der Waals surface area contributed by atoms with Gasteiger partial charge in [-0.3, -0.25) is 0 Å². The molecular formula is C28H36N2O2. The number of rotatable bonds is 13. The van der Waals surface area contributed by atoms with Crippen LogP contribution in [0.1, 0.15) is 41.1 Å². The average Bonchev–Trinajstić information content (AvgIpc) is 2.85. The number of hydrogen-bond acceptors (Lipinski definition) is 4. The second kappa shape index (κ2) is 12.9. The molecule has 3 aromatic rings. The van der Waals surface area contributed by atoms with E-state index in [0.29, 0.717) is 0 Å². The first-order valence-corrected chi connectivity index (χ1v) is 11.5. The SMILES string of the molecule is COc1ccc(CCNCCCc2ccccc2C(N)CCc2ccccc2)cc1OC.